The fourth-order valence-electron chi connectivity index (χ4n) is 3.59. The summed E-state index contributed by atoms with van der Waals surface area (Å²) in [5.74, 6) is 3.33. The number of hydrogen-bond donors (Lipinski definition) is 1. The van der Waals surface area contributed by atoms with Gasteiger partial charge in [0.05, 0.1) is 19.1 Å². The van der Waals surface area contributed by atoms with Gasteiger partial charge in [0.25, 0.3) is 0 Å². The molecule has 1 fully saturated rings. The number of nitrogens with zero attached hydrogens (tertiary/aromatic N) is 1. The first-order chi connectivity index (χ1) is 13.6. The molecular formula is C23H26N2O2S. The van der Waals surface area contributed by atoms with Gasteiger partial charge >= 0.3 is 0 Å². The van der Waals surface area contributed by atoms with Crippen molar-refractivity contribution in [1.82, 2.24) is 10.2 Å². The number of hydrogen-bond acceptors (Lipinski definition) is 4. The molecule has 0 spiro atoms. The van der Waals surface area contributed by atoms with E-state index >= 15 is 0 Å². The monoisotopic (exact) mass is 394 g/mol. The fraction of sp³-hybridized carbons (Fsp3) is 0.348. The molecule has 0 saturated heterocycles. The number of rotatable bonds is 8. The average Bonchev–Trinajstić information content (AvgIpc) is 3.07. The van der Waals surface area contributed by atoms with E-state index in [0.29, 0.717) is 19.0 Å². The average molecular weight is 395 g/mol. The van der Waals surface area contributed by atoms with E-state index in [4.69, 9.17) is 4.42 Å². The number of carbonyl (C=O) groups excluding carboxylic acids is 1. The summed E-state index contributed by atoms with van der Waals surface area (Å²) in [5, 5.41) is 5.23. The number of furan rings is 1. The van der Waals surface area contributed by atoms with Crippen LogP contribution in [0.15, 0.2) is 64.4 Å². The zero-order chi connectivity index (χ0) is 19.5. The molecule has 1 aliphatic rings. The van der Waals surface area contributed by atoms with Crippen molar-refractivity contribution in [2.45, 2.75) is 31.8 Å². The molecule has 146 valence electrons. The van der Waals surface area contributed by atoms with Crippen molar-refractivity contribution in [2.75, 3.05) is 13.6 Å². The highest BCUT2D eigenvalue weighted by Crippen LogP contribution is 2.47. The third-order valence-electron chi connectivity index (χ3n) is 5.26. The maximum Gasteiger partial charge on any atom is 0.234 e. The van der Waals surface area contributed by atoms with Crippen molar-refractivity contribution < 1.29 is 9.21 Å². The van der Waals surface area contributed by atoms with Crippen molar-refractivity contribution in [3.05, 3.63) is 81.9 Å². The van der Waals surface area contributed by atoms with Gasteiger partial charge in [-0.25, -0.2) is 0 Å². The molecule has 1 N–H and O–H groups in total. The van der Waals surface area contributed by atoms with Crippen molar-refractivity contribution in [2.24, 2.45) is 5.92 Å². The van der Waals surface area contributed by atoms with E-state index in [1.54, 1.807) is 11.3 Å². The first-order valence-electron chi connectivity index (χ1n) is 9.75. The minimum absolute atomic E-state index is 0.00680. The minimum atomic E-state index is -0.117. The highest BCUT2D eigenvalue weighted by Gasteiger charge is 2.36. The molecule has 3 atom stereocenters. The van der Waals surface area contributed by atoms with Crippen LogP contribution in [0.4, 0.5) is 0 Å². The van der Waals surface area contributed by atoms with Crippen LogP contribution in [0.1, 0.15) is 47.3 Å². The third kappa shape index (κ3) is 4.54. The van der Waals surface area contributed by atoms with Crippen LogP contribution in [0.3, 0.4) is 0 Å². The number of amides is 1. The van der Waals surface area contributed by atoms with Gasteiger partial charge in [-0.3, -0.25) is 9.69 Å². The molecule has 4 rings (SSSR count). The van der Waals surface area contributed by atoms with Gasteiger partial charge in [-0.15, -0.1) is 11.3 Å². The molecule has 0 unspecified atom stereocenters. The van der Waals surface area contributed by atoms with Crippen LogP contribution in [0.25, 0.3) is 0 Å². The Morgan fingerprint density at radius 2 is 2.00 bits per heavy atom. The first-order valence-corrected chi connectivity index (χ1v) is 10.6. The van der Waals surface area contributed by atoms with E-state index in [1.165, 1.54) is 6.42 Å². The molecule has 3 aromatic rings. The van der Waals surface area contributed by atoms with Gasteiger partial charge in [0.1, 0.15) is 11.5 Å². The number of nitrogens with one attached hydrogen (secondary N) is 1. The van der Waals surface area contributed by atoms with E-state index in [2.05, 4.69) is 36.5 Å². The molecule has 1 aliphatic carbocycles. The van der Waals surface area contributed by atoms with Crippen molar-refractivity contribution in [1.29, 1.82) is 0 Å². The van der Waals surface area contributed by atoms with E-state index in [-0.39, 0.29) is 11.9 Å². The number of thiophene rings is 1. The summed E-state index contributed by atoms with van der Waals surface area (Å²) in [6.07, 6.45) is 1.22. The number of likely N-dealkylation sites (N-methyl/N-ethyl adjacent to an activating group) is 1. The van der Waals surface area contributed by atoms with E-state index in [1.807, 2.05) is 47.7 Å². The summed E-state index contributed by atoms with van der Waals surface area (Å²) < 4.78 is 5.97. The van der Waals surface area contributed by atoms with Gasteiger partial charge in [-0.1, -0.05) is 43.3 Å². The molecule has 2 heterocycles. The maximum absolute atomic E-state index is 12.7. The van der Waals surface area contributed by atoms with E-state index in [9.17, 15) is 4.79 Å². The third-order valence-corrected chi connectivity index (χ3v) is 6.20. The molecule has 2 aromatic heterocycles. The second kappa shape index (κ2) is 8.33. The van der Waals surface area contributed by atoms with Gasteiger partial charge in [-0.2, -0.15) is 0 Å². The lowest BCUT2D eigenvalue weighted by molar-refractivity contribution is -0.122. The number of carbonyl (C=O) groups is 1. The fourth-order valence-corrected chi connectivity index (χ4v) is 4.39. The molecule has 1 aromatic carbocycles. The zero-order valence-corrected chi connectivity index (χ0v) is 17.1. The second-order valence-electron chi connectivity index (χ2n) is 7.72. The van der Waals surface area contributed by atoms with Gasteiger partial charge in [0.15, 0.2) is 0 Å². The predicted octanol–water partition coefficient (Wildman–Crippen LogP) is 4.80. The molecular weight excluding hydrogens is 368 g/mol. The minimum Gasteiger partial charge on any atom is -0.464 e. The van der Waals surface area contributed by atoms with Crippen LogP contribution in [0.5, 0.6) is 0 Å². The number of benzene rings is 1. The molecule has 1 saturated carbocycles. The normalized spacial score (nSPS) is 19.5. The zero-order valence-electron chi connectivity index (χ0n) is 16.3. The molecule has 28 heavy (non-hydrogen) atoms. The standard InChI is InChI=1S/C23H26N2O2S/c1-16-13-19(16)20-11-10-18(27-20)14-25(2)15-22(26)24-23(21-9-6-12-28-21)17-7-4-3-5-8-17/h3-12,16,19,23H,13-15H2,1-2H3,(H,24,26)/t16-,19+,23-/m1/s1. The Morgan fingerprint density at radius 3 is 2.68 bits per heavy atom. The van der Waals surface area contributed by atoms with E-state index < -0.39 is 0 Å². The Hall–Kier alpha value is -2.37. The molecule has 4 nitrogen and oxygen atoms in total. The summed E-state index contributed by atoms with van der Waals surface area (Å²) >= 11 is 1.66. The molecule has 1 amide bonds. The van der Waals surface area contributed by atoms with Crippen LogP contribution in [-0.2, 0) is 11.3 Å². The summed E-state index contributed by atoms with van der Waals surface area (Å²) in [6, 6.07) is 18.2. The quantitative estimate of drug-likeness (QED) is 0.597. The summed E-state index contributed by atoms with van der Waals surface area (Å²) in [4.78, 5) is 15.8. The lowest BCUT2D eigenvalue weighted by atomic mass is 10.1. The largest absolute Gasteiger partial charge is 0.464 e. The van der Waals surface area contributed by atoms with Gasteiger partial charge in [0.2, 0.25) is 5.91 Å². The summed E-state index contributed by atoms with van der Waals surface area (Å²) in [6.45, 7) is 3.20. The summed E-state index contributed by atoms with van der Waals surface area (Å²) in [7, 11) is 1.95. The Morgan fingerprint density at radius 1 is 1.21 bits per heavy atom. The van der Waals surface area contributed by atoms with Crippen molar-refractivity contribution in [3.8, 4) is 0 Å². The van der Waals surface area contributed by atoms with Crippen LogP contribution in [0.2, 0.25) is 0 Å². The lowest BCUT2D eigenvalue weighted by Crippen LogP contribution is -2.37. The van der Waals surface area contributed by atoms with Gasteiger partial charge in [0, 0.05) is 10.8 Å². The SMILES string of the molecule is C[C@@H]1C[C@@H]1c1ccc(CN(C)CC(=O)N[C@H](c2ccccc2)c2cccs2)o1. The first kappa shape index (κ1) is 19.0. The van der Waals surface area contributed by atoms with Gasteiger partial charge < -0.3 is 9.73 Å². The highest BCUT2D eigenvalue weighted by molar-refractivity contribution is 7.10. The van der Waals surface area contributed by atoms with Crippen LogP contribution in [0, 0.1) is 5.92 Å². The Labute approximate surface area is 170 Å². The van der Waals surface area contributed by atoms with Gasteiger partial charge in [-0.05, 0) is 48.5 Å². The maximum atomic E-state index is 12.7. The second-order valence-corrected chi connectivity index (χ2v) is 8.70. The summed E-state index contributed by atoms with van der Waals surface area (Å²) in [5.41, 5.74) is 1.09. The van der Waals surface area contributed by atoms with Crippen molar-refractivity contribution >= 4 is 17.2 Å². The van der Waals surface area contributed by atoms with E-state index in [0.717, 1.165) is 27.9 Å². The van der Waals surface area contributed by atoms with Crippen LogP contribution in [-0.4, -0.2) is 24.4 Å². The Kier molecular flexibility index (Phi) is 5.64. The molecule has 5 heteroatoms. The van der Waals surface area contributed by atoms with Crippen LogP contribution >= 0.6 is 11.3 Å². The topological polar surface area (TPSA) is 45.5 Å². The molecule has 0 bridgehead atoms. The Bertz CT molecular complexity index is 904. The smallest absolute Gasteiger partial charge is 0.234 e. The predicted molar refractivity (Wildman–Crippen MR) is 112 cm³/mol. The van der Waals surface area contributed by atoms with Crippen molar-refractivity contribution in [3.63, 3.8) is 0 Å². The highest BCUT2D eigenvalue weighted by atomic mass is 32.1. The van der Waals surface area contributed by atoms with Crippen LogP contribution < -0.4 is 5.32 Å². The molecule has 0 aliphatic heterocycles. The molecule has 0 radical (unpaired) electrons. The Balaban J connectivity index is 1.36. The lowest BCUT2D eigenvalue weighted by Gasteiger charge is -2.21.